The van der Waals surface area contributed by atoms with E-state index in [1.165, 1.54) is 0 Å². The molecule has 3 unspecified atom stereocenters. The highest BCUT2D eigenvalue weighted by Crippen LogP contribution is 2.31. The molecule has 9 heteroatoms. The molecule has 0 saturated heterocycles. The topological polar surface area (TPSA) is 120 Å². The lowest BCUT2D eigenvalue weighted by atomic mass is 9.83. The molecule has 186 valence electrons. The molecule has 0 bridgehead atoms. The Morgan fingerprint density at radius 1 is 1.16 bits per heavy atom. The fourth-order valence-corrected chi connectivity index (χ4v) is 4.56. The Kier molecular flexibility index (Phi) is 13.2. The number of rotatable bonds is 17. The van der Waals surface area contributed by atoms with Gasteiger partial charge in [0, 0.05) is 32.7 Å². The predicted octanol–water partition coefficient (Wildman–Crippen LogP) is 2.33. The van der Waals surface area contributed by atoms with Crippen LogP contribution in [0.25, 0.3) is 0 Å². The Morgan fingerprint density at radius 2 is 1.88 bits per heavy atom. The minimum absolute atomic E-state index is 0.0386. The number of aliphatic hydroxyl groups excluding tert-OH is 1. The lowest BCUT2D eigenvalue weighted by Gasteiger charge is -2.27. The number of nitrogens with one attached hydrogen (secondary N) is 1. The molecule has 0 fully saturated rings. The number of methoxy groups -OCH3 is 2. The standard InChI is InChI=1S/C23H42N2O6S/c1-6-12-32(27,28)25-16-21(26)20(24)15-19(17(2)3)13-18-8-9-22(30-5)23(14-18)31-11-7-10-29-4/h8-9,14,17,19-21,25-26H,6-7,10-13,15-16,24H2,1-5H3. The Labute approximate surface area is 193 Å². The molecule has 1 aromatic carbocycles. The van der Waals surface area contributed by atoms with E-state index in [4.69, 9.17) is 19.9 Å². The first-order chi connectivity index (χ1) is 15.1. The molecule has 0 aliphatic heterocycles. The minimum atomic E-state index is -3.38. The van der Waals surface area contributed by atoms with Crippen molar-refractivity contribution in [2.75, 3.05) is 39.7 Å². The molecule has 0 aliphatic carbocycles. The first-order valence-electron chi connectivity index (χ1n) is 11.3. The highest BCUT2D eigenvalue weighted by molar-refractivity contribution is 7.89. The summed E-state index contributed by atoms with van der Waals surface area (Å²) in [7, 11) is -0.0997. The summed E-state index contributed by atoms with van der Waals surface area (Å²) in [5.41, 5.74) is 7.34. The maximum Gasteiger partial charge on any atom is 0.211 e. The molecular formula is C23H42N2O6S. The summed E-state index contributed by atoms with van der Waals surface area (Å²) in [5, 5.41) is 10.4. The molecule has 0 spiro atoms. The van der Waals surface area contributed by atoms with Crippen molar-refractivity contribution < 1.29 is 27.7 Å². The van der Waals surface area contributed by atoms with Gasteiger partial charge in [-0.1, -0.05) is 26.8 Å². The molecule has 0 saturated carbocycles. The van der Waals surface area contributed by atoms with Gasteiger partial charge in [0.25, 0.3) is 0 Å². The zero-order chi connectivity index (χ0) is 24.1. The summed E-state index contributed by atoms with van der Waals surface area (Å²) < 4.78 is 42.5. The van der Waals surface area contributed by atoms with Crippen LogP contribution in [-0.4, -0.2) is 65.4 Å². The van der Waals surface area contributed by atoms with Crippen molar-refractivity contribution in [1.29, 1.82) is 0 Å². The van der Waals surface area contributed by atoms with E-state index in [1.54, 1.807) is 21.1 Å². The van der Waals surface area contributed by atoms with E-state index >= 15 is 0 Å². The van der Waals surface area contributed by atoms with Gasteiger partial charge in [0.1, 0.15) is 0 Å². The molecule has 0 amide bonds. The van der Waals surface area contributed by atoms with Crippen LogP contribution in [0.1, 0.15) is 45.6 Å². The van der Waals surface area contributed by atoms with Gasteiger partial charge in [0.2, 0.25) is 10.0 Å². The van der Waals surface area contributed by atoms with E-state index in [0.717, 1.165) is 18.4 Å². The van der Waals surface area contributed by atoms with Gasteiger partial charge in [-0.05, 0) is 48.8 Å². The second kappa shape index (κ2) is 14.7. The minimum Gasteiger partial charge on any atom is -0.493 e. The first-order valence-corrected chi connectivity index (χ1v) is 13.0. The molecule has 1 rings (SSSR count). The number of hydrogen-bond acceptors (Lipinski definition) is 7. The van der Waals surface area contributed by atoms with Crippen molar-refractivity contribution in [3.8, 4) is 11.5 Å². The van der Waals surface area contributed by atoms with E-state index in [0.29, 0.717) is 43.5 Å². The van der Waals surface area contributed by atoms with Gasteiger partial charge >= 0.3 is 0 Å². The van der Waals surface area contributed by atoms with Gasteiger partial charge < -0.3 is 25.1 Å². The zero-order valence-corrected chi connectivity index (χ0v) is 21.0. The van der Waals surface area contributed by atoms with E-state index in [-0.39, 0.29) is 18.2 Å². The maximum absolute atomic E-state index is 11.8. The van der Waals surface area contributed by atoms with E-state index in [2.05, 4.69) is 18.6 Å². The second-order valence-corrected chi connectivity index (χ2v) is 10.4. The van der Waals surface area contributed by atoms with Crippen molar-refractivity contribution in [2.24, 2.45) is 17.6 Å². The molecule has 0 aliphatic rings. The lowest BCUT2D eigenvalue weighted by Crippen LogP contribution is -2.45. The number of benzene rings is 1. The molecule has 0 radical (unpaired) electrons. The van der Waals surface area contributed by atoms with Crippen molar-refractivity contribution in [3.05, 3.63) is 23.8 Å². The highest BCUT2D eigenvalue weighted by atomic mass is 32.2. The number of ether oxygens (including phenoxy) is 3. The number of nitrogens with two attached hydrogens (primary N) is 1. The van der Waals surface area contributed by atoms with E-state index < -0.39 is 22.2 Å². The molecule has 8 nitrogen and oxygen atoms in total. The Morgan fingerprint density at radius 3 is 2.47 bits per heavy atom. The van der Waals surface area contributed by atoms with E-state index in [9.17, 15) is 13.5 Å². The lowest BCUT2D eigenvalue weighted by molar-refractivity contribution is 0.129. The van der Waals surface area contributed by atoms with Gasteiger partial charge in [-0.15, -0.1) is 0 Å². The molecule has 32 heavy (non-hydrogen) atoms. The fraction of sp³-hybridized carbons (Fsp3) is 0.739. The van der Waals surface area contributed by atoms with Crippen LogP contribution < -0.4 is 19.9 Å². The molecule has 0 heterocycles. The van der Waals surface area contributed by atoms with Crippen LogP contribution in [0, 0.1) is 11.8 Å². The predicted molar refractivity (Wildman–Crippen MR) is 128 cm³/mol. The summed E-state index contributed by atoms with van der Waals surface area (Å²) in [6.07, 6.45) is 1.70. The van der Waals surface area contributed by atoms with Crippen molar-refractivity contribution in [2.45, 2.75) is 58.6 Å². The molecular weight excluding hydrogens is 432 g/mol. The summed E-state index contributed by atoms with van der Waals surface area (Å²) in [4.78, 5) is 0. The average molecular weight is 475 g/mol. The molecule has 0 aromatic heterocycles. The van der Waals surface area contributed by atoms with Gasteiger partial charge in [0.15, 0.2) is 11.5 Å². The summed E-state index contributed by atoms with van der Waals surface area (Å²) in [6.45, 7) is 7.14. The largest absolute Gasteiger partial charge is 0.493 e. The van der Waals surface area contributed by atoms with E-state index in [1.807, 2.05) is 18.2 Å². The molecule has 1 aromatic rings. The van der Waals surface area contributed by atoms with Crippen molar-refractivity contribution in [3.63, 3.8) is 0 Å². The molecule has 4 N–H and O–H groups in total. The van der Waals surface area contributed by atoms with Crippen LogP contribution in [0.5, 0.6) is 11.5 Å². The normalized spacial score (nSPS) is 14.9. The fourth-order valence-electron chi connectivity index (χ4n) is 3.45. The van der Waals surface area contributed by atoms with Gasteiger partial charge in [-0.3, -0.25) is 0 Å². The van der Waals surface area contributed by atoms with Gasteiger partial charge in [-0.2, -0.15) is 0 Å². The van der Waals surface area contributed by atoms with Crippen molar-refractivity contribution in [1.82, 2.24) is 4.72 Å². The Balaban J connectivity index is 2.77. The maximum atomic E-state index is 11.8. The van der Waals surface area contributed by atoms with Crippen LogP contribution in [0.4, 0.5) is 0 Å². The number of sulfonamides is 1. The molecule has 3 atom stereocenters. The highest BCUT2D eigenvalue weighted by Gasteiger charge is 2.24. The summed E-state index contributed by atoms with van der Waals surface area (Å²) >= 11 is 0. The second-order valence-electron chi connectivity index (χ2n) is 8.52. The first kappa shape index (κ1) is 28.6. The third-order valence-corrected chi connectivity index (χ3v) is 7.03. The van der Waals surface area contributed by atoms with Crippen LogP contribution in [0.15, 0.2) is 18.2 Å². The summed E-state index contributed by atoms with van der Waals surface area (Å²) in [5.74, 6) is 1.95. The third kappa shape index (κ3) is 10.5. The van der Waals surface area contributed by atoms with Crippen LogP contribution in [-0.2, 0) is 21.2 Å². The van der Waals surface area contributed by atoms with Gasteiger partial charge in [0.05, 0.1) is 25.6 Å². The summed E-state index contributed by atoms with van der Waals surface area (Å²) in [6, 6.07) is 5.36. The Bertz CT molecular complexity index is 757. The van der Waals surface area contributed by atoms with Crippen molar-refractivity contribution >= 4 is 10.0 Å². The monoisotopic (exact) mass is 474 g/mol. The average Bonchev–Trinajstić information content (AvgIpc) is 2.74. The zero-order valence-electron chi connectivity index (χ0n) is 20.2. The third-order valence-electron chi connectivity index (χ3n) is 5.47. The smallest absolute Gasteiger partial charge is 0.211 e. The number of hydrogen-bond donors (Lipinski definition) is 3. The van der Waals surface area contributed by atoms with Crippen LogP contribution in [0.2, 0.25) is 0 Å². The van der Waals surface area contributed by atoms with Gasteiger partial charge in [-0.25, -0.2) is 13.1 Å². The quantitative estimate of drug-likeness (QED) is 0.296. The van der Waals surface area contributed by atoms with Crippen LogP contribution >= 0.6 is 0 Å². The Hall–Kier alpha value is -1.39. The van der Waals surface area contributed by atoms with Crippen LogP contribution in [0.3, 0.4) is 0 Å². The SMILES string of the molecule is CCCS(=O)(=O)NCC(O)C(N)CC(Cc1ccc(OC)c(OCCCOC)c1)C(C)C. The number of aliphatic hydroxyl groups is 1.